The van der Waals surface area contributed by atoms with E-state index in [-0.39, 0.29) is 17.7 Å². The summed E-state index contributed by atoms with van der Waals surface area (Å²) in [7, 11) is 0. The molecule has 0 bridgehead atoms. The first-order chi connectivity index (χ1) is 17.8. The van der Waals surface area contributed by atoms with Crippen molar-refractivity contribution in [2.45, 2.75) is 18.6 Å². The Kier molecular flexibility index (Phi) is 6.15. The Morgan fingerprint density at radius 2 is 1.95 bits per heavy atom. The molecule has 0 aliphatic rings. The molecule has 0 spiro atoms. The molecule has 11 heteroatoms. The number of carbonyl (C=O) groups excluding carboxylic acids is 1. The maximum atomic E-state index is 12.8. The van der Waals surface area contributed by atoms with E-state index in [0.717, 1.165) is 23.1 Å². The van der Waals surface area contributed by atoms with Crippen molar-refractivity contribution in [1.82, 2.24) is 24.7 Å². The maximum absolute atomic E-state index is 12.8. The summed E-state index contributed by atoms with van der Waals surface area (Å²) in [4.78, 5) is 24.4. The minimum Gasteiger partial charge on any atom is -0.346 e. The quantitative estimate of drug-likeness (QED) is 0.315. The number of carbonyl (C=O) groups is 1. The van der Waals surface area contributed by atoms with E-state index in [1.165, 1.54) is 18.5 Å². The lowest BCUT2D eigenvalue weighted by Crippen LogP contribution is -2.15. The number of aromatic nitrogens is 5. The van der Waals surface area contributed by atoms with E-state index in [1.54, 1.807) is 47.5 Å². The number of alkyl halides is 3. The Bertz CT molecular complexity index is 1610. The van der Waals surface area contributed by atoms with Crippen molar-refractivity contribution < 1.29 is 18.0 Å². The number of hydrogen-bond donors (Lipinski definition) is 2. The van der Waals surface area contributed by atoms with Crippen LogP contribution in [-0.2, 0) is 6.18 Å². The van der Waals surface area contributed by atoms with Crippen LogP contribution >= 0.6 is 0 Å². The normalized spacial score (nSPS) is 12.3. The lowest BCUT2D eigenvalue weighted by molar-refractivity contribution is -0.137. The topological polar surface area (TPSA) is 112 Å². The number of aromatic amines is 1. The molecule has 0 saturated heterocycles. The molecule has 5 aromatic rings. The minimum atomic E-state index is -4.46. The Morgan fingerprint density at radius 3 is 2.70 bits per heavy atom. The zero-order chi connectivity index (χ0) is 26.0. The second-order valence-corrected chi connectivity index (χ2v) is 8.20. The first-order valence-electron chi connectivity index (χ1n) is 11.1. The fraction of sp³-hybridized carbons (Fsp3) is 0.115. The second-order valence-electron chi connectivity index (χ2n) is 8.20. The molecular weight excluding hydrogens is 483 g/mol. The van der Waals surface area contributed by atoms with Gasteiger partial charge in [0.2, 0.25) is 0 Å². The van der Waals surface area contributed by atoms with E-state index in [4.69, 9.17) is 0 Å². The number of benzene rings is 2. The minimum absolute atomic E-state index is 0.0917. The molecule has 0 aliphatic heterocycles. The van der Waals surface area contributed by atoms with E-state index in [0.29, 0.717) is 16.9 Å². The van der Waals surface area contributed by atoms with Gasteiger partial charge in [-0.3, -0.25) is 9.48 Å². The number of nitrogens with zero attached hydrogens (tertiary/aromatic N) is 5. The van der Waals surface area contributed by atoms with Gasteiger partial charge < -0.3 is 10.3 Å². The van der Waals surface area contributed by atoms with Gasteiger partial charge in [0.05, 0.1) is 36.0 Å². The molecule has 2 aromatic carbocycles. The summed E-state index contributed by atoms with van der Waals surface area (Å²) < 4.78 is 40.0. The van der Waals surface area contributed by atoms with Crippen molar-refractivity contribution in [3.8, 4) is 17.3 Å². The largest absolute Gasteiger partial charge is 0.416 e. The zero-order valence-corrected chi connectivity index (χ0v) is 19.1. The van der Waals surface area contributed by atoms with Crippen molar-refractivity contribution >= 4 is 22.6 Å². The van der Waals surface area contributed by atoms with E-state index >= 15 is 0 Å². The molecule has 5 rings (SSSR count). The highest BCUT2D eigenvalue weighted by atomic mass is 19.4. The standard InChI is InChI=1S/C26H18F3N7O/c27-26(28,29)19-4-6-20(7-5-19)35-25(37)17-3-1-2-16(12-17)22(8-10-30)36-14-18(13-34-36)23-21-9-11-31-24(21)33-15-32-23/h1-7,9,11-15,22H,8H2,(H,35,37)(H,31,32,33). The first kappa shape index (κ1) is 23.7. The summed E-state index contributed by atoms with van der Waals surface area (Å²) in [5.74, 6) is -0.491. The average Bonchev–Trinajstić information content (AvgIpc) is 3.57. The Hall–Kier alpha value is -4.98. The van der Waals surface area contributed by atoms with Gasteiger partial charge in [0, 0.05) is 34.6 Å². The van der Waals surface area contributed by atoms with E-state index in [2.05, 4.69) is 31.4 Å². The molecule has 184 valence electrons. The highest BCUT2D eigenvalue weighted by Crippen LogP contribution is 2.30. The third-order valence-corrected chi connectivity index (χ3v) is 5.84. The fourth-order valence-electron chi connectivity index (χ4n) is 4.02. The number of fused-ring (bicyclic) bond motifs is 1. The van der Waals surface area contributed by atoms with Gasteiger partial charge in [-0.05, 0) is 48.0 Å². The number of amides is 1. The maximum Gasteiger partial charge on any atom is 0.416 e. The SMILES string of the molecule is N#CCC(c1cccc(C(=O)Nc2ccc(C(F)(F)F)cc2)c1)n1cc(-c2ncnc3[nH]ccc23)cn1. The summed E-state index contributed by atoms with van der Waals surface area (Å²) in [6.07, 6.45) is 2.30. The lowest BCUT2D eigenvalue weighted by atomic mass is 10.0. The number of halogens is 3. The second kappa shape index (κ2) is 9.58. The van der Waals surface area contributed by atoms with Crippen molar-refractivity contribution in [2.75, 3.05) is 5.32 Å². The van der Waals surface area contributed by atoms with Crippen LogP contribution in [0.2, 0.25) is 0 Å². The van der Waals surface area contributed by atoms with Crippen LogP contribution in [0.4, 0.5) is 18.9 Å². The first-order valence-corrected chi connectivity index (χ1v) is 11.1. The molecule has 0 fully saturated rings. The third-order valence-electron chi connectivity index (χ3n) is 5.84. The molecule has 0 saturated carbocycles. The monoisotopic (exact) mass is 501 g/mol. The number of rotatable bonds is 6. The van der Waals surface area contributed by atoms with Gasteiger partial charge in [-0.1, -0.05) is 12.1 Å². The molecule has 1 unspecified atom stereocenters. The summed E-state index contributed by atoms with van der Waals surface area (Å²) in [5, 5.41) is 17.4. The van der Waals surface area contributed by atoms with Crippen LogP contribution in [0.1, 0.15) is 33.9 Å². The van der Waals surface area contributed by atoms with E-state index < -0.39 is 23.7 Å². The zero-order valence-electron chi connectivity index (χ0n) is 19.1. The fourth-order valence-corrected chi connectivity index (χ4v) is 4.02. The number of H-pyrrole nitrogens is 1. The van der Waals surface area contributed by atoms with Crippen LogP contribution in [0.5, 0.6) is 0 Å². The van der Waals surface area contributed by atoms with Crippen LogP contribution in [0, 0.1) is 11.3 Å². The molecule has 0 aliphatic carbocycles. The summed E-state index contributed by atoms with van der Waals surface area (Å²) in [6, 6.07) is 14.4. The smallest absolute Gasteiger partial charge is 0.346 e. The van der Waals surface area contributed by atoms with Crippen LogP contribution in [0.15, 0.2) is 79.5 Å². The van der Waals surface area contributed by atoms with Crippen molar-refractivity contribution in [1.29, 1.82) is 5.26 Å². The molecule has 0 radical (unpaired) electrons. The van der Waals surface area contributed by atoms with Crippen LogP contribution in [0.3, 0.4) is 0 Å². The number of nitriles is 1. The van der Waals surface area contributed by atoms with Gasteiger partial charge >= 0.3 is 6.18 Å². The Morgan fingerprint density at radius 1 is 1.14 bits per heavy atom. The average molecular weight is 501 g/mol. The van der Waals surface area contributed by atoms with Crippen molar-refractivity contribution in [2.24, 2.45) is 0 Å². The molecule has 8 nitrogen and oxygen atoms in total. The molecule has 1 atom stereocenters. The van der Waals surface area contributed by atoms with Crippen molar-refractivity contribution in [3.63, 3.8) is 0 Å². The molecule has 1 amide bonds. The number of anilines is 1. The predicted molar refractivity (Wildman–Crippen MR) is 129 cm³/mol. The van der Waals surface area contributed by atoms with Gasteiger partial charge in [-0.2, -0.15) is 23.5 Å². The Balaban J connectivity index is 1.40. The van der Waals surface area contributed by atoms with Crippen molar-refractivity contribution in [3.05, 3.63) is 96.2 Å². The predicted octanol–water partition coefficient (Wildman–Crippen LogP) is 5.60. The third kappa shape index (κ3) is 4.90. The lowest BCUT2D eigenvalue weighted by Gasteiger charge is -2.16. The van der Waals surface area contributed by atoms with Crippen LogP contribution in [-0.4, -0.2) is 30.6 Å². The van der Waals surface area contributed by atoms with Crippen LogP contribution < -0.4 is 5.32 Å². The summed E-state index contributed by atoms with van der Waals surface area (Å²) >= 11 is 0. The van der Waals surface area contributed by atoms with Gasteiger partial charge in [-0.15, -0.1) is 0 Å². The molecule has 3 aromatic heterocycles. The Labute approximate surface area is 208 Å². The van der Waals surface area contributed by atoms with Gasteiger partial charge in [0.1, 0.15) is 12.0 Å². The van der Waals surface area contributed by atoms with Gasteiger partial charge in [0.25, 0.3) is 5.91 Å². The number of hydrogen-bond acceptors (Lipinski definition) is 5. The molecular formula is C26H18F3N7O. The van der Waals surface area contributed by atoms with Crippen LogP contribution in [0.25, 0.3) is 22.3 Å². The molecule has 2 N–H and O–H groups in total. The molecule has 37 heavy (non-hydrogen) atoms. The van der Waals surface area contributed by atoms with E-state index in [1.807, 2.05) is 6.07 Å². The highest BCUT2D eigenvalue weighted by Gasteiger charge is 2.30. The van der Waals surface area contributed by atoms with Gasteiger partial charge in [0.15, 0.2) is 0 Å². The van der Waals surface area contributed by atoms with E-state index in [9.17, 15) is 23.2 Å². The summed E-state index contributed by atoms with van der Waals surface area (Å²) in [5.41, 5.74) is 2.52. The summed E-state index contributed by atoms with van der Waals surface area (Å²) in [6.45, 7) is 0. The number of nitrogens with one attached hydrogen (secondary N) is 2. The highest BCUT2D eigenvalue weighted by molar-refractivity contribution is 6.04. The van der Waals surface area contributed by atoms with Gasteiger partial charge in [-0.25, -0.2) is 9.97 Å². The molecule has 3 heterocycles.